The van der Waals surface area contributed by atoms with Crippen LogP contribution in [-0.4, -0.2) is 14.9 Å². The van der Waals surface area contributed by atoms with Crippen molar-refractivity contribution in [2.24, 2.45) is 11.8 Å². The Morgan fingerprint density at radius 3 is 2.68 bits per heavy atom. The molecule has 0 spiro atoms. The van der Waals surface area contributed by atoms with Crippen LogP contribution in [-0.2, 0) is 25.9 Å². The first-order chi connectivity index (χ1) is 12.2. The van der Waals surface area contributed by atoms with Gasteiger partial charge in [-0.15, -0.1) is 0 Å². The zero-order valence-corrected chi connectivity index (χ0v) is 15.3. The average Bonchev–Trinajstić information content (AvgIpc) is 3.19. The normalized spacial score (nSPS) is 20.2. The Balaban J connectivity index is 1.80. The van der Waals surface area contributed by atoms with Gasteiger partial charge in [-0.1, -0.05) is 32.0 Å². The molecular weight excluding hydrogens is 308 g/mol. The summed E-state index contributed by atoms with van der Waals surface area (Å²) in [5.74, 6) is 0.746. The summed E-state index contributed by atoms with van der Waals surface area (Å²) < 4.78 is 4.60. The number of hydrogen-bond donors (Lipinski definition) is 0. The Labute approximate surface area is 149 Å². The molecule has 2 unspecified atom stereocenters. The van der Waals surface area contributed by atoms with Crippen LogP contribution in [0.2, 0.25) is 0 Å². The van der Waals surface area contributed by atoms with Crippen molar-refractivity contribution in [1.29, 1.82) is 0 Å². The van der Waals surface area contributed by atoms with E-state index in [-0.39, 0.29) is 5.92 Å². The molecule has 0 N–H and O–H groups in total. The van der Waals surface area contributed by atoms with Gasteiger partial charge < -0.3 is 9.13 Å². The number of carbonyl (C=O) groups excluding carboxylic acids is 1. The van der Waals surface area contributed by atoms with Crippen molar-refractivity contribution in [3.63, 3.8) is 0 Å². The topological polar surface area (TPSA) is 26.9 Å². The summed E-state index contributed by atoms with van der Waals surface area (Å²) in [6.45, 7) is 8.28. The summed E-state index contributed by atoms with van der Waals surface area (Å²) in [5.41, 5.74) is 4.72. The monoisotopic (exact) mass is 334 g/mol. The number of nitrogens with zero attached hydrogens (tertiary/aromatic N) is 2. The minimum atomic E-state index is 0.0568. The molecule has 2 aromatic heterocycles. The molecule has 3 aromatic rings. The molecule has 0 radical (unpaired) electrons. The van der Waals surface area contributed by atoms with E-state index in [0.29, 0.717) is 11.7 Å². The predicted octanol–water partition coefficient (Wildman–Crippen LogP) is 4.72. The molecule has 0 fully saturated rings. The largest absolute Gasteiger partial charge is 0.351 e. The van der Waals surface area contributed by atoms with Crippen molar-refractivity contribution in [2.45, 2.75) is 46.7 Å². The molecule has 2 atom stereocenters. The van der Waals surface area contributed by atoms with Gasteiger partial charge in [0, 0.05) is 53.1 Å². The van der Waals surface area contributed by atoms with Crippen molar-refractivity contribution in [3.05, 3.63) is 59.5 Å². The molecule has 3 heteroatoms. The number of ketones is 1. The fourth-order valence-electron chi connectivity index (χ4n) is 4.52. The molecule has 0 amide bonds. The van der Waals surface area contributed by atoms with Gasteiger partial charge in [0.25, 0.3) is 0 Å². The van der Waals surface area contributed by atoms with Gasteiger partial charge in [0.1, 0.15) is 0 Å². The van der Waals surface area contributed by atoms with Crippen LogP contribution in [0.3, 0.4) is 0 Å². The Bertz CT molecular complexity index is 931. The highest BCUT2D eigenvalue weighted by atomic mass is 16.1. The van der Waals surface area contributed by atoms with Gasteiger partial charge in [-0.05, 0) is 43.9 Å². The fraction of sp³-hybridized carbons (Fsp3) is 0.409. The van der Waals surface area contributed by atoms with Crippen molar-refractivity contribution >= 4 is 16.7 Å². The van der Waals surface area contributed by atoms with Crippen LogP contribution < -0.4 is 0 Å². The van der Waals surface area contributed by atoms with E-state index in [4.69, 9.17) is 0 Å². The zero-order valence-electron chi connectivity index (χ0n) is 15.3. The highest BCUT2D eigenvalue weighted by Gasteiger charge is 2.37. The van der Waals surface area contributed by atoms with Crippen LogP contribution in [0.25, 0.3) is 10.9 Å². The van der Waals surface area contributed by atoms with Crippen molar-refractivity contribution in [1.82, 2.24) is 9.13 Å². The number of benzene rings is 1. The van der Waals surface area contributed by atoms with E-state index in [1.807, 2.05) is 6.07 Å². The number of aryl methyl sites for hydroxylation is 2. The summed E-state index contributed by atoms with van der Waals surface area (Å²) >= 11 is 0. The second kappa shape index (κ2) is 6.21. The maximum Gasteiger partial charge on any atom is 0.170 e. The van der Waals surface area contributed by atoms with Crippen LogP contribution in [0.5, 0.6) is 0 Å². The lowest BCUT2D eigenvalue weighted by molar-refractivity contribution is 0.0840. The Kier molecular flexibility index (Phi) is 4.03. The third kappa shape index (κ3) is 2.45. The van der Waals surface area contributed by atoms with Crippen LogP contribution in [0, 0.1) is 11.8 Å². The molecule has 0 bridgehead atoms. The maximum absolute atomic E-state index is 13.5. The molecule has 3 nitrogen and oxygen atoms in total. The number of Topliss-reactive ketones (excluding diaryl/α,β-unsaturated/α-hetero) is 1. The number of para-hydroxylation sites is 1. The van der Waals surface area contributed by atoms with E-state index in [0.717, 1.165) is 36.9 Å². The Hall–Kier alpha value is -2.29. The van der Waals surface area contributed by atoms with E-state index in [1.54, 1.807) is 0 Å². The molecule has 0 saturated heterocycles. The van der Waals surface area contributed by atoms with Gasteiger partial charge in [-0.3, -0.25) is 4.79 Å². The number of fused-ring (bicyclic) bond motifs is 3. The minimum absolute atomic E-state index is 0.0568. The highest BCUT2D eigenvalue weighted by Crippen LogP contribution is 2.37. The maximum atomic E-state index is 13.5. The highest BCUT2D eigenvalue weighted by molar-refractivity contribution is 6.11. The van der Waals surface area contributed by atoms with Gasteiger partial charge in [-0.2, -0.15) is 0 Å². The molecule has 25 heavy (non-hydrogen) atoms. The summed E-state index contributed by atoms with van der Waals surface area (Å²) in [4.78, 5) is 13.5. The first kappa shape index (κ1) is 16.2. The summed E-state index contributed by atoms with van der Waals surface area (Å²) in [6.07, 6.45) is 4.10. The van der Waals surface area contributed by atoms with E-state index in [9.17, 15) is 4.79 Å². The van der Waals surface area contributed by atoms with Crippen LogP contribution in [0.1, 0.15) is 42.5 Å². The SMILES string of the molecule is CCc1cccn1CC1C(=O)c2c(n(CC)c3ccccc23)CC1C. The lowest BCUT2D eigenvalue weighted by Gasteiger charge is -2.30. The molecule has 4 rings (SSSR count). The Morgan fingerprint density at radius 2 is 1.92 bits per heavy atom. The van der Waals surface area contributed by atoms with E-state index >= 15 is 0 Å². The van der Waals surface area contributed by atoms with Crippen LogP contribution in [0.4, 0.5) is 0 Å². The summed E-state index contributed by atoms with van der Waals surface area (Å²) in [7, 11) is 0. The van der Waals surface area contributed by atoms with E-state index in [1.165, 1.54) is 16.9 Å². The number of rotatable bonds is 4. The Morgan fingerprint density at radius 1 is 1.12 bits per heavy atom. The van der Waals surface area contributed by atoms with E-state index in [2.05, 4.69) is 66.4 Å². The quantitative estimate of drug-likeness (QED) is 0.678. The zero-order chi connectivity index (χ0) is 17.6. The van der Waals surface area contributed by atoms with Crippen LogP contribution in [0.15, 0.2) is 42.6 Å². The first-order valence-corrected chi connectivity index (χ1v) is 9.44. The lowest BCUT2D eigenvalue weighted by atomic mass is 9.77. The molecule has 1 aromatic carbocycles. The second-order valence-electron chi connectivity index (χ2n) is 7.24. The average molecular weight is 334 g/mol. The number of hydrogen-bond acceptors (Lipinski definition) is 1. The van der Waals surface area contributed by atoms with Crippen LogP contribution >= 0.6 is 0 Å². The third-order valence-corrected chi connectivity index (χ3v) is 5.86. The number of aromatic nitrogens is 2. The lowest BCUT2D eigenvalue weighted by Crippen LogP contribution is -2.34. The predicted molar refractivity (Wildman–Crippen MR) is 102 cm³/mol. The standard InChI is InChI=1S/C22H26N2O/c1-4-16-9-8-12-23(16)14-18-15(3)13-20-21(22(18)25)17-10-6-7-11-19(17)24(20)5-2/h6-12,15,18H,4-5,13-14H2,1-3H3. The van der Waals surface area contributed by atoms with Gasteiger partial charge in [0.15, 0.2) is 5.78 Å². The molecule has 1 aliphatic carbocycles. The smallest absolute Gasteiger partial charge is 0.170 e. The van der Waals surface area contributed by atoms with Gasteiger partial charge in [0.2, 0.25) is 0 Å². The molecule has 1 aliphatic rings. The van der Waals surface area contributed by atoms with Gasteiger partial charge >= 0.3 is 0 Å². The minimum Gasteiger partial charge on any atom is -0.351 e. The van der Waals surface area contributed by atoms with Crippen molar-refractivity contribution in [3.8, 4) is 0 Å². The number of carbonyl (C=O) groups is 1. The van der Waals surface area contributed by atoms with Gasteiger partial charge in [-0.25, -0.2) is 0 Å². The van der Waals surface area contributed by atoms with Crippen molar-refractivity contribution < 1.29 is 4.79 Å². The fourth-order valence-corrected chi connectivity index (χ4v) is 4.52. The second-order valence-corrected chi connectivity index (χ2v) is 7.24. The van der Waals surface area contributed by atoms with Crippen molar-refractivity contribution in [2.75, 3.05) is 0 Å². The van der Waals surface area contributed by atoms with Gasteiger partial charge in [0.05, 0.1) is 0 Å². The molecule has 0 aliphatic heterocycles. The first-order valence-electron chi connectivity index (χ1n) is 9.44. The third-order valence-electron chi connectivity index (χ3n) is 5.86. The molecule has 130 valence electrons. The summed E-state index contributed by atoms with van der Waals surface area (Å²) in [6, 6.07) is 12.6. The molecular formula is C22H26N2O. The summed E-state index contributed by atoms with van der Waals surface area (Å²) in [5, 5.41) is 1.13. The molecule has 2 heterocycles. The van der Waals surface area contributed by atoms with E-state index < -0.39 is 0 Å². The molecule has 0 saturated carbocycles.